The minimum Gasteiger partial charge on any atom is -0.487 e. The first-order valence-electron chi connectivity index (χ1n) is 11.1. The van der Waals surface area contributed by atoms with Crippen molar-refractivity contribution in [3.05, 3.63) is 114 Å². The summed E-state index contributed by atoms with van der Waals surface area (Å²) in [7, 11) is 0. The van der Waals surface area contributed by atoms with Crippen molar-refractivity contribution < 1.29 is 23.6 Å². The summed E-state index contributed by atoms with van der Waals surface area (Å²) in [5.41, 5.74) is 3.97. The monoisotopic (exact) mass is 471 g/mol. The molecule has 0 aliphatic heterocycles. The Kier molecular flexibility index (Phi) is 6.26. The molecule has 0 bridgehead atoms. The summed E-state index contributed by atoms with van der Waals surface area (Å²) >= 11 is 0. The largest absolute Gasteiger partial charge is 0.487 e. The lowest BCUT2D eigenvalue weighted by atomic mass is 9.92. The molecule has 3 aromatic heterocycles. The molecule has 8 heteroatoms. The van der Waals surface area contributed by atoms with Gasteiger partial charge in [-0.05, 0) is 53.6 Å². The molecule has 3 heterocycles. The minimum absolute atomic E-state index is 0.0890. The second kappa shape index (κ2) is 9.80. The Labute approximate surface area is 200 Å². The summed E-state index contributed by atoms with van der Waals surface area (Å²) in [4.78, 5) is 16.1. The van der Waals surface area contributed by atoms with E-state index in [9.17, 15) is 14.3 Å². The Morgan fingerprint density at radius 3 is 2.54 bits per heavy atom. The fourth-order valence-corrected chi connectivity index (χ4v) is 4.02. The van der Waals surface area contributed by atoms with E-state index < -0.39 is 11.9 Å². The molecule has 7 nitrogen and oxygen atoms in total. The van der Waals surface area contributed by atoms with Crippen molar-refractivity contribution in [2.45, 2.75) is 25.5 Å². The number of carboxylic acids is 1. The van der Waals surface area contributed by atoms with Crippen LogP contribution in [0.5, 0.6) is 5.75 Å². The molecule has 0 aliphatic rings. The standard InChI is InChI=1S/C27H22FN3O4/c28-21-6-1-18(2-7-21)16-31-13-11-20-3-8-22(29-27(20)31)17-34-23-9-4-19(5-10-23)24(15-26(32)33)25-12-14-35-30-25/h1-14,24H,15-17H2,(H,32,33)/t24-/m0/s1. The van der Waals surface area contributed by atoms with E-state index in [0.717, 1.165) is 27.9 Å². The number of nitrogens with zero attached hydrogens (tertiary/aromatic N) is 3. The first-order valence-corrected chi connectivity index (χ1v) is 11.1. The van der Waals surface area contributed by atoms with Gasteiger partial charge in [-0.2, -0.15) is 0 Å². The lowest BCUT2D eigenvalue weighted by molar-refractivity contribution is -0.137. The van der Waals surface area contributed by atoms with Crippen LogP contribution in [0.15, 0.2) is 89.8 Å². The number of ether oxygens (including phenoxy) is 1. The van der Waals surface area contributed by atoms with Crippen molar-refractivity contribution in [3.8, 4) is 5.75 Å². The maximum absolute atomic E-state index is 13.2. The van der Waals surface area contributed by atoms with Crippen LogP contribution < -0.4 is 4.74 Å². The smallest absolute Gasteiger partial charge is 0.304 e. The Hall–Kier alpha value is -4.46. The molecule has 1 N–H and O–H groups in total. The number of rotatable bonds is 9. The Balaban J connectivity index is 1.28. The molecule has 0 fully saturated rings. The molecule has 0 radical (unpaired) electrons. The third kappa shape index (κ3) is 5.22. The lowest BCUT2D eigenvalue weighted by Crippen LogP contribution is -2.08. The van der Waals surface area contributed by atoms with Crippen LogP contribution in [0.4, 0.5) is 4.39 Å². The van der Waals surface area contributed by atoms with Gasteiger partial charge in [-0.15, -0.1) is 0 Å². The molecule has 0 unspecified atom stereocenters. The SMILES string of the molecule is O=C(O)C[C@@H](c1ccc(OCc2ccc3ccn(Cc4ccc(F)cc4)c3n2)cc1)c1ccon1. The van der Waals surface area contributed by atoms with Gasteiger partial charge in [0.25, 0.3) is 0 Å². The number of fused-ring (bicyclic) bond motifs is 1. The topological polar surface area (TPSA) is 90.4 Å². The third-order valence-corrected chi connectivity index (χ3v) is 5.80. The Morgan fingerprint density at radius 1 is 1.03 bits per heavy atom. The highest BCUT2D eigenvalue weighted by Crippen LogP contribution is 2.28. The van der Waals surface area contributed by atoms with Gasteiger partial charge in [0.05, 0.1) is 17.8 Å². The lowest BCUT2D eigenvalue weighted by Gasteiger charge is -2.13. The quantitative estimate of drug-likeness (QED) is 0.310. The van der Waals surface area contributed by atoms with Gasteiger partial charge < -0.3 is 18.9 Å². The molecule has 176 valence electrons. The summed E-state index contributed by atoms with van der Waals surface area (Å²) in [5, 5.41) is 14.2. The average Bonchev–Trinajstić information content (AvgIpc) is 3.53. The van der Waals surface area contributed by atoms with Crippen LogP contribution in [0, 0.1) is 5.82 Å². The number of aliphatic carboxylic acids is 1. The van der Waals surface area contributed by atoms with Gasteiger partial charge in [0.1, 0.15) is 30.1 Å². The fourth-order valence-electron chi connectivity index (χ4n) is 4.02. The van der Waals surface area contributed by atoms with Crippen molar-refractivity contribution in [2.24, 2.45) is 0 Å². The van der Waals surface area contributed by atoms with Crippen molar-refractivity contribution >= 4 is 17.0 Å². The number of pyridine rings is 1. The van der Waals surface area contributed by atoms with Gasteiger partial charge >= 0.3 is 5.97 Å². The van der Waals surface area contributed by atoms with E-state index in [4.69, 9.17) is 14.2 Å². The number of carbonyl (C=O) groups is 1. The summed E-state index contributed by atoms with van der Waals surface area (Å²) in [5.74, 6) is -0.930. The fraction of sp³-hybridized carbons (Fsp3) is 0.148. The number of aromatic nitrogens is 3. The minimum atomic E-state index is -0.913. The molecule has 2 aromatic carbocycles. The molecule has 35 heavy (non-hydrogen) atoms. The molecule has 5 aromatic rings. The molecule has 0 saturated carbocycles. The molecule has 0 saturated heterocycles. The van der Waals surface area contributed by atoms with Crippen molar-refractivity contribution in [3.63, 3.8) is 0 Å². The maximum Gasteiger partial charge on any atom is 0.304 e. The van der Waals surface area contributed by atoms with Crippen molar-refractivity contribution in [1.82, 2.24) is 14.7 Å². The molecule has 0 aliphatic carbocycles. The van der Waals surface area contributed by atoms with Crippen molar-refractivity contribution in [2.75, 3.05) is 0 Å². The molecule has 5 rings (SSSR count). The predicted molar refractivity (Wildman–Crippen MR) is 127 cm³/mol. The van der Waals surface area contributed by atoms with Crippen molar-refractivity contribution in [1.29, 1.82) is 0 Å². The zero-order valence-corrected chi connectivity index (χ0v) is 18.7. The summed E-state index contributed by atoms with van der Waals surface area (Å²) in [6, 6.07) is 21.3. The Bertz CT molecular complexity index is 1430. The summed E-state index contributed by atoms with van der Waals surface area (Å²) < 4.78 is 26.1. The number of carboxylic acid groups (broad SMARTS) is 1. The number of hydrogen-bond donors (Lipinski definition) is 1. The highest BCUT2D eigenvalue weighted by Gasteiger charge is 2.20. The normalized spacial score (nSPS) is 12.0. The summed E-state index contributed by atoms with van der Waals surface area (Å²) in [6.45, 7) is 0.866. The van der Waals surface area contributed by atoms with Crippen LogP contribution in [0.1, 0.15) is 34.9 Å². The van der Waals surface area contributed by atoms with Gasteiger partial charge in [-0.1, -0.05) is 29.4 Å². The zero-order chi connectivity index (χ0) is 24.2. The van der Waals surface area contributed by atoms with Crippen LogP contribution >= 0.6 is 0 Å². The molecule has 0 amide bonds. The second-order valence-corrected chi connectivity index (χ2v) is 8.22. The molecular weight excluding hydrogens is 449 g/mol. The van der Waals surface area contributed by atoms with E-state index in [1.807, 2.05) is 41.1 Å². The van der Waals surface area contributed by atoms with Crippen LogP contribution in [0.3, 0.4) is 0 Å². The van der Waals surface area contributed by atoms with Crippen LogP contribution in [0.2, 0.25) is 0 Å². The number of hydrogen-bond acceptors (Lipinski definition) is 5. The third-order valence-electron chi connectivity index (χ3n) is 5.80. The second-order valence-electron chi connectivity index (χ2n) is 8.22. The first kappa shape index (κ1) is 22.3. The van der Waals surface area contributed by atoms with E-state index in [2.05, 4.69) is 5.16 Å². The molecule has 0 spiro atoms. The van der Waals surface area contributed by atoms with Crippen LogP contribution in [-0.2, 0) is 17.9 Å². The van der Waals surface area contributed by atoms with Gasteiger partial charge in [-0.25, -0.2) is 9.37 Å². The van der Waals surface area contributed by atoms with Gasteiger partial charge in [0.2, 0.25) is 0 Å². The maximum atomic E-state index is 13.2. The van der Waals surface area contributed by atoms with E-state index in [1.165, 1.54) is 18.4 Å². The number of benzene rings is 2. The average molecular weight is 471 g/mol. The van der Waals surface area contributed by atoms with Gasteiger partial charge in [0, 0.05) is 30.1 Å². The van der Waals surface area contributed by atoms with Gasteiger partial charge in [-0.3, -0.25) is 4.79 Å². The highest BCUT2D eigenvalue weighted by atomic mass is 19.1. The van der Waals surface area contributed by atoms with Crippen LogP contribution in [-0.4, -0.2) is 25.8 Å². The Morgan fingerprint density at radius 2 is 1.83 bits per heavy atom. The number of halogens is 1. The summed E-state index contributed by atoms with van der Waals surface area (Å²) in [6.07, 6.45) is 3.31. The highest BCUT2D eigenvalue weighted by molar-refractivity contribution is 5.76. The molecule has 1 atom stereocenters. The first-order chi connectivity index (χ1) is 17.0. The molecular formula is C27H22FN3O4. The zero-order valence-electron chi connectivity index (χ0n) is 18.7. The van der Waals surface area contributed by atoms with E-state index in [1.54, 1.807) is 30.3 Å². The predicted octanol–water partition coefficient (Wildman–Crippen LogP) is 5.40. The van der Waals surface area contributed by atoms with E-state index in [-0.39, 0.29) is 18.8 Å². The van der Waals surface area contributed by atoms with Gasteiger partial charge in [0.15, 0.2) is 0 Å². The van der Waals surface area contributed by atoms with E-state index >= 15 is 0 Å². The van der Waals surface area contributed by atoms with Crippen LogP contribution in [0.25, 0.3) is 11.0 Å². The van der Waals surface area contributed by atoms with E-state index in [0.29, 0.717) is 18.0 Å².